The minimum Gasteiger partial charge on any atom is -0.491 e. The summed E-state index contributed by atoms with van der Waals surface area (Å²) in [6, 6.07) is 5.46. The monoisotopic (exact) mass is 293 g/mol. The molecule has 0 radical (unpaired) electrons. The Morgan fingerprint density at radius 1 is 1.35 bits per heavy atom. The third-order valence-electron chi connectivity index (χ3n) is 3.29. The first-order valence-electron chi connectivity index (χ1n) is 6.28. The van der Waals surface area contributed by atoms with Crippen LogP contribution in [0.2, 0.25) is 0 Å². The van der Waals surface area contributed by atoms with Crippen molar-refractivity contribution in [3.05, 3.63) is 35.2 Å². The molecule has 1 aliphatic rings. The summed E-state index contributed by atoms with van der Waals surface area (Å²) in [5.41, 5.74) is 2.46. The third kappa shape index (κ3) is 2.03. The highest BCUT2D eigenvalue weighted by Crippen LogP contribution is 2.35. The average Bonchev–Trinajstić information content (AvgIpc) is 2.96. The molecule has 2 N–H and O–H groups in total. The van der Waals surface area contributed by atoms with Crippen molar-refractivity contribution in [3.8, 4) is 5.75 Å². The number of sulfonamides is 1. The molecule has 0 aliphatic carbocycles. The topological polar surface area (TPSA) is 84.1 Å². The molecule has 0 fully saturated rings. The number of para-hydroxylation sites is 1. The van der Waals surface area contributed by atoms with Crippen LogP contribution in [0, 0.1) is 13.8 Å². The lowest BCUT2D eigenvalue weighted by Crippen LogP contribution is -2.15. The zero-order valence-corrected chi connectivity index (χ0v) is 12.0. The summed E-state index contributed by atoms with van der Waals surface area (Å²) in [7, 11) is -3.68. The summed E-state index contributed by atoms with van der Waals surface area (Å²) < 4.78 is 33.0. The number of aromatic amines is 1. The van der Waals surface area contributed by atoms with E-state index in [1.807, 2.05) is 12.1 Å². The standard InChI is InChI=1S/C13H15N3O3S/c1-8-13(9(2)15-14-8)20(17,18)16-11-5-3-4-10-6-7-19-12(10)11/h3-5,16H,6-7H2,1-2H3,(H,14,15). The summed E-state index contributed by atoms with van der Waals surface area (Å²) in [5, 5.41) is 6.60. The fraction of sp³-hybridized carbons (Fsp3) is 0.308. The van der Waals surface area contributed by atoms with E-state index in [0.29, 0.717) is 29.4 Å². The van der Waals surface area contributed by atoms with Gasteiger partial charge in [0.25, 0.3) is 10.0 Å². The Bertz CT molecular complexity index is 746. The zero-order chi connectivity index (χ0) is 14.3. The molecule has 0 saturated carbocycles. The van der Waals surface area contributed by atoms with E-state index in [1.54, 1.807) is 19.9 Å². The minimum absolute atomic E-state index is 0.188. The van der Waals surface area contributed by atoms with Crippen LogP contribution in [-0.4, -0.2) is 25.2 Å². The van der Waals surface area contributed by atoms with Crippen LogP contribution in [0.3, 0.4) is 0 Å². The second-order valence-corrected chi connectivity index (χ2v) is 6.38. The molecule has 0 bridgehead atoms. The number of anilines is 1. The van der Waals surface area contributed by atoms with Gasteiger partial charge in [-0.25, -0.2) is 8.42 Å². The molecule has 106 valence electrons. The Morgan fingerprint density at radius 2 is 2.15 bits per heavy atom. The SMILES string of the molecule is Cc1n[nH]c(C)c1S(=O)(=O)Nc1cccc2c1OCC2. The zero-order valence-electron chi connectivity index (χ0n) is 11.2. The molecule has 7 heteroatoms. The lowest BCUT2D eigenvalue weighted by atomic mass is 10.1. The number of aromatic nitrogens is 2. The number of hydrogen-bond donors (Lipinski definition) is 2. The van der Waals surface area contributed by atoms with Crippen LogP contribution in [0.5, 0.6) is 5.75 Å². The molecular weight excluding hydrogens is 278 g/mol. The molecule has 0 spiro atoms. The summed E-state index contributed by atoms with van der Waals surface area (Å²) in [5.74, 6) is 0.620. The van der Waals surface area contributed by atoms with Gasteiger partial charge in [0.2, 0.25) is 0 Å². The van der Waals surface area contributed by atoms with E-state index in [1.165, 1.54) is 0 Å². The van der Waals surface area contributed by atoms with Crippen molar-refractivity contribution >= 4 is 15.7 Å². The Kier molecular flexibility index (Phi) is 2.93. The number of hydrogen-bond acceptors (Lipinski definition) is 4. The molecule has 3 rings (SSSR count). The summed E-state index contributed by atoms with van der Waals surface area (Å²) >= 11 is 0. The molecule has 0 atom stereocenters. The van der Waals surface area contributed by atoms with Gasteiger partial charge in [0, 0.05) is 6.42 Å². The smallest absolute Gasteiger partial charge is 0.265 e. The van der Waals surface area contributed by atoms with E-state index in [2.05, 4.69) is 14.9 Å². The van der Waals surface area contributed by atoms with Gasteiger partial charge in [-0.1, -0.05) is 12.1 Å². The van der Waals surface area contributed by atoms with Gasteiger partial charge in [0.15, 0.2) is 0 Å². The van der Waals surface area contributed by atoms with E-state index in [4.69, 9.17) is 4.74 Å². The van der Waals surface area contributed by atoms with Gasteiger partial charge in [-0.2, -0.15) is 5.10 Å². The van der Waals surface area contributed by atoms with Crippen molar-refractivity contribution in [1.29, 1.82) is 0 Å². The Hall–Kier alpha value is -2.02. The highest BCUT2D eigenvalue weighted by atomic mass is 32.2. The van der Waals surface area contributed by atoms with Crippen LogP contribution in [0.15, 0.2) is 23.1 Å². The van der Waals surface area contributed by atoms with Crippen LogP contribution in [0.1, 0.15) is 17.0 Å². The van der Waals surface area contributed by atoms with Gasteiger partial charge in [-0.15, -0.1) is 0 Å². The molecular formula is C13H15N3O3S. The van der Waals surface area contributed by atoms with Crippen LogP contribution in [0.4, 0.5) is 5.69 Å². The lowest BCUT2D eigenvalue weighted by Gasteiger charge is -2.11. The van der Waals surface area contributed by atoms with Crippen LogP contribution >= 0.6 is 0 Å². The predicted molar refractivity (Wildman–Crippen MR) is 74.5 cm³/mol. The number of rotatable bonds is 3. The normalized spacial score (nSPS) is 13.9. The Labute approximate surface area is 117 Å². The van der Waals surface area contributed by atoms with Crippen LogP contribution in [-0.2, 0) is 16.4 Å². The van der Waals surface area contributed by atoms with Crippen LogP contribution in [0.25, 0.3) is 0 Å². The predicted octanol–water partition coefficient (Wildman–Crippen LogP) is 1.76. The second-order valence-electron chi connectivity index (χ2n) is 4.76. The van der Waals surface area contributed by atoms with Crippen molar-refractivity contribution in [2.24, 2.45) is 0 Å². The van der Waals surface area contributed by atoms with E-state index in [9.17, 15) is 8.42 Å². The van der Waals surface area contributed by atoms with Crippen molar-refractivity contribution < 1.29 is 13.2 Å². The largest absolute Gasteiger partial charge is 0.491 e. The highest BCUT2D eigenvalue weighted by Gasteiger charge is 2.25. The molecule has 0 saturated heterocycles. The molecule has 0 amide bonds. The average molecular weight is 293 g/mol. The first-order valence-corrected chi connectivity index (χ1v) is 7.76. The van der Waals surface area contributed by atoms with Gasteiger partial charge in [0.05, 0.1) is 23.7 Å². The fourth-order valence-electron chi connectivity index (χ4n) is 2.43. The molecule has 1 aromatic heterocycles. The quantitative estimate of drug-likeness (QED) is 0.903. The molecule has 20 heavy (non-hydrogen) atoms. The van der Waals surface area contributed by atoms with Gasteiger partial charge in [-0.3, -0.25) is 9.82 Å². The number of aryl methyl sites for hydroxylation is 2. The molecule has 0 unspecified atom stereocenters. The number of nitrogens with one attached hydrogen (secondary N) is 2. The van der Waals surface area contributed by atoms with E-state index < -0.39 is 10.0 Å². The lowest BCUT2D eigenvalue weighted by molar-refractivity contribution is 0.358. The maximum absolute atomic E-state index is 12.5. The highest BCUT2D eigenvalue weighted by molar-refractivity contribution is 7.92. The molecule has 1 aliphatic heterocycles. The maximum atomic E-state index is 12.5. The van der Waals surface area contributed by atoms with Gasteiger partial charge < -0.3 is 4.74 Å². The summed E-state index contributed by atoms with van der Waals surface area (Å²) in [6.07, 6.45) is 0.800. The number of benzene rings is 1. The van der Waals surface area contributed by atoms with E-state index in [0.717, 1.165) is 12.0 Å². The van der Waals surface area contributed by atoms with Crippen molar-refractivity contribution in [2.75, 3.05) is 11.3 Å². The second kappa shape index (κ2) is 4.52. The minimum atomic E-state index is -3.68. The first kappa shape index (κ1) is 13.0. The number of nitrogens with zero attached hydrogens (tertiary/aromatic N) is 1. The number of H-pyrrole nitrogens is 1. The fourth-order valence-corrected chi connectivity index (χ4v) is 3.86. The Balaban J connectivity index is 2.02. The molecule has 2 heterocycles. The Morgan fingerprint density at radius 3 is 2.85 bits per heavy atom. The van der Waals surface area contributed by atoms with Crippen molar-refractivity contribution in [1.82, 2.24) is 10.2 Å². The summed E-state index contributed by atoms with van der Waals surface area (Å²) in [4.78, 5) is 0.188. The number of ether oxygens (including phenoxy) is 1. The van der Waals surface area contributed by atoms with Gasteiger partial charge in [-0.05, 0) is 25.5 Å². The maximum Gasteiger partial charge on any atom is 0.265 e. The van der Waals surface area contributed by atoms with Gasteiger partial charge in [0.1, 0.15) is 10.6 Å². The number of fused-ring (bicyclic) bond motifs is 1. The summed E-state index contributed by atoms with van der Waals surface area (Å²) in [6.45, 7) is 3.92. The van der Waals surface area contributed by atoms with E-state index in [-0.39, 0.29) is 4.90 Å². The first-order chi connectivity index (χ1) is 9.49. The van der Waals surface area contributed by atoms with Gasteiger partial charge >= 0.3 is 0 Å². The van der Waals surface area contributed by atoms with Crippen molar-refractivity contribution in [3.63, 3.8) is 0 Å². The van der Waals surface area contributed by atoms with Crippen molar-refractivity contribution in [2.45, 2.75) is 25.2 Å². The molecule has 2 aromatic rings. The van der Waals surface area contributed by atoms with Crippen LogP contribution < -0.4 is 9.46 Å². The third-order valence-corrected chi connectivity index (χ3v) is 4.92. The molecule has 1 aromatic carbocycles. The van der Waals surface area contributed by atoms with E-state index >= 15 is 0 Å². The molecule has 6 nitrogen and oxygen atoms in total.